The molecule has 0 spiro atoms. The van der Waals surface area contributed by atoms with E-state index >= 15 is 0 Å². The molecule has 4 heteroatoms. The Balaban J connectivity index is 1.92. The van der Waals surface area contributed by atoms with Gasteiger partial charge in [0.2, 0.25) is 0 Å². The van der Waals surface area contributed by atoms with Gasteiger partial charge in [0, 0.05) is 17.5 Å². The molecule has 0 aromatic heterocycles. The molecule has 0 saturated heterocycles. The van der Waals surface area contributed by atoms with E-state index in [1.807, 2.05) is 42.5 Å². The average Bonchev–Trinajstić information content (AvgIpc) is 2.97. The molecule has 0 saturated carbocycles. The molecule has 1 heterocycles. The molecular formula is C17H18ClNO2. The first-order valence-corrected chi connectivity index (χ1v) is 7.40. The summed E-state index contributed by atoms with van der Waals surface area (Å²) in [6.45, 7) is 1.59. The predicted molar refractivity (Wildman–Crippen MR) is 83.1 cm³/mol. The van der Waals surface area contributed by atoms with Gasteiger partial charge in [0.1, 0.15) is 0 Å². The molecule has 3 N–H and O–H groups in total. The molecule has 1 aliphatic heterocycles. The van der Waals surface area contributed by atoms with E-state index in [0.717, 1.165) is 16.7 Å². The zero-order valence-electron chi connectivity index (χ0n) is 11.6. The van der Waals surface area contributed by atoms with Gasteiger partial charge in [-0.15, -0.1) is 0 Å². The number of hydrogen-bond donors (Lipinski definition) is 2. The van der Waals surface area contributed by atoms with Crippen molar-refractivity contribution in [1.29, 1.82) is 0 Å². The summed E-state index contributed by atoms with van der Waals surface area (Å²) in [6, 6.07) is 13.5. The van der Waals surface area contributed by atoms with Gasteiger partial charge in [0.25, 0.3) is 0 Å². The summed E-state index contributed by atoms with van der Waals surface area (Å²) >= 11 is 6.24. The largest absolute Gasteiger partial charge is 0.388 e. The van der Waals surface area contributed by atoms with Crippen LogP contribution in [0.3, 0.4) is 0 Å². The van der Waals surface area contributed by atoms with Gasteiger partial charge in [0.15, 0.2) is 0 Å². The second-order valence-electron chi connectivity index (χ2n) is 5.33. The highest BCUT2D eigenvalue weighted by atomic mass is 35.5. The second-order valence-corrected chi connectivity index (χ2v) is 5.74. The standard InChI is InChI=1S/C17H18ClNO2/c18-16-4-2-1-3-14(16)15(8-19)17(20)11-5-6-12-9-21-10-13(12)7-11/h1-7,15,17,20H,8-10,19H2. The van der Waals surface area contributed by atoms with Crippen LogP contribution in [0.5, 0.6) is 0 Å². The van der Waals surface area contributed by atoms with E-state index in [-0.39, 0.29) is 5.92 Å². The van der Waals surface area contributed by atoms with Crippen LogP contribution in [0.25, 0.3) is 0 Å². The Morgan fingerprint density at radius 3 is 2.67 bits per heavy atom. The summed E-state index contributed by atoms with van der Waals surface area (Å²) in [5.41, 5.74) is 9.95. The van der Waals surface area contributed by atoms with Crippen molar-refractivity contribution < 1.29 is 9.84 Å². The maximum atomic E-state index is 10.7. The minimum atomic E-state index is -0.680. The summed E-state index contributed by atoms with van der Waals surface area (Å²) in [7, 11) is 0. The van der Waals surface area contributed by atoms with Crippen molar-refractivity contribution in [1.82, 2.24) is 0 Å². The number of benzene rings is 2. The Hall–Kier alpha value is -1.39. The number of nitrogens with two attached hydrogens (primary N) is 1. The Bertz CT molecular complexity index is 644. The maximum absolute atomic E-state index is 10.7. The summed E-state index contributed by atoms with van der Waals surface area (Å²) in [6.07, 6.45) is -0.680. The highest BCUT2D eigenvalue weighted by molar-refractivity contribution is 6.31. The lowest BCUT2D eigenvalue weighted by Gasteiger charge is -2.23. The Morgan fingerprint density at radius 2 is 1.90 bits per heavy atom. The van der Waals surface area contributed by atoms with Gasteiger partial charge in [-0.1, -0.05) is 48.0 Å². The zero-order valence-corrected chi connectivity index (χ0v) is 12.4. The molecule has 3 nitrogen and oxygen atoms in total. The van der Waals surface area contributed by atoms with Gasteiger partial charge in [0.05, 0.1) is 19.3 Å². The molecule has 0 amide bonds. The van der Waals surface area contributed by atoms with Crippen LogP contribution < -0.4 is 5.73 Å². The van der Waals surface area contributed by atoms with Crippen LogP contribution in [0.4, 0.5) is 0 Å². The highest BCUT2D eigenvalue weighted by Gasteiger charge is 2.24. The SMILES string of the molecule is NCC(c1ccccc1Cl)C(O)c1ccc2c(c1)COC2. The quantitative estimate of drug-likeness (QED) is 0.912. The van der Waals surface area contributed by atoms with Gasteiger partial charge >= 0.3 is 0 Å². The van der Waals surface area contributed by atoms with E-state index in [1.54, 1.807) is 0 Å². The summed E-state index contributed by atoms with van der Waals surface area (Å²) in [4.78, 5) is 0. The molecule has 110 valence electrons. The van der Waals surface area contributed by atoms with E-state index in [2.05, 4.69) is 0 Å². The predicted octanol–water partition coefficient (Wildman–Crippen LogP) is 3.15. The van der Waals surface area contributed by atoms with Crippen LogP contribution in [0.2, 0.25) is 5.02 Å². The number of aliphatic hydroxyl groups is 1. The van der Waals surface area contributed by atoms with Crippen molar-refractivity contribution in [2.45, 2.75) is 25.2 Å². The summed E-state index contributed by atoms with van der Waals surface area (Å²) in [5, 5.41) is 11.3. The van der Waals surface area contributed by atoms with Crippen LogP contribution in [-0.2, 0) is 18.0 Å². The van der Waals surface area contributed by atoms with E-state index < -0.39 is 6.10 Å². The number of aliphatic hydroxyl groups excluding tert-OH is 1. The molecular weight excluding hydrogens is 286 g/mol. The second kappa shape index (κ2) is 6.16. The maximum Gasteiger partial charge on any atom is 0.0871 e. The van der Waals surface area contributed by atoms with Gasteiger partial charge in [-0.05, 0) is 28.3 Å². The molecule has 0 fully saturated rings. The number of ether oxygens (including phenoxy) is 1. The van der Waals surface area contributed by atoms with Crippen LogP contribution >= 0.6 is 11.6 Å². The molecule has 2 atom stereocenters. The lowest BCUT2D eigenvalue weighted by Crippen LogP contribution is -2.20. The van der Waals surface area contributed by atoms with Gasteiger partial charge in [-0.25, -0.2) is 0 Å². The molecule has 3 rings (SSSR count). The van der Waals surface area contributed by atoms with Crippen molar-refractivity contribution in [3.8, 4) is 0 Å². The normalized spacial score (nSPS) is 16.5. The van der Waals surface area contributed by atoms with Crippen molar-refractivity contribution in [2.75, 3.05) is 6.54 Å². The van der Waals surface area contributed by atoms with E-state index in [0.29, 0.717) is 24.8 Å². The van der Waals surface area contributed by atoms with E-state index in [9.17, 15) is 5.11 Å². The van der Waals surface area contributed by atoms with Crippen molar-refractivity contribution in [3.63, 3.8) is 0 Å². The van der Waals surface area contributed by atoms with Crippen molar-refractivity contribution >= 4 is 11.6 Å². The molecule has 1 aliphatic rings. The molecule has 2 aromatic rings. The van der Waals surface area contributed by atoms with Crippen LogP contribution in [0.15, 0.2) is 42.5 Å². The first-order valence-electron chi connectivity index (χ1n) is 7.02. The fourth-order valence-electron chi connectivity index (χ4n) is 2.81. The fourth-order valence-corrected chi connectivity index (χ4v) is 3.09. The first-order chi connectivity index (χ1) is 10.2. The molecule has 2 aromatic carbocycles. The van der Waals surface area contributed by atoms with E-state index in [4.69, 9.17) is 22.1 Å². The number of hydrogen-bond acceptors (Lipinski definition) is 3. The third-order valence-corrected chi connectivity index (χ3v) is 4.37. The van der Waals surface area contributed by atoms with Crippen molar-refractivity contribution in [2.24, 2.45) is 5.73 Å². The van der Waals surface area contributed by atoms with Gasteiger partial charge < -0.3 is 15.6 Å². The van der Waals surface area contributed by atoms with Crippen LogP contribution in [-0.4, -0.2) is 11.7 Å². The smallest absolute Gasteiger partial charge is 0.0871 e. The third kappa shape index (κ3) is 2.83. The minimum Gasteiger partial charge on any atom is -0.388 e. The highest BCUT2D eigenvalue weighted by Crippen LogP contribution is 2.35. The monoisotopic (exact) mass is 303 g/mol. The Kier molecular flexibility index (Phi) is 4.27. The first kappa shape index (κ1) is 14.5. The minimum absolute atomic E-state index is 0.223. The average molecular weight is 304 g/mol. The summed E-state index contributed by atoms with van der Waals surface area (Å²) < 4.78 is 5.41. The third-order valence-electron chi connectivity index (χ3n) is 4.03. The zero-order chi connectivity index (χ0) is 14.8. The molecule has 21 heavy (non-hydrogen) atoms. The molecule has 0 aliphatic carbocycles. The lowest BCUT2D eigenvalue weighted by molar-refractivity contribution is 0.134. The number of rotatable bonds is 4. The van der Waals surface area contributed by atoms with Gasteiger partial charge in [-0.2, -0.15) is 0 Å². The summed E-state index contributed by atoms with van der Waals surface area (Å²) in [5.74, 6) is -0.223. The van der Waals surface area contributed by atoms with Gasteiger partial charge in [-0.3, -0.25) is 0 Å². The Morgan fingerprint density at radius 1 is 1.14 bits per heavy atom. The topological polar surface area (TPSA) is 55.5 Å². The molecule has 2 unspecified atom stereocenters. The van der Waals surface area contributed by atoms with E-state index in [1.165, 1.54) is 5.56 Å². The Labute approximate surface area is 129 Å². The van der Waals surface area contributed by atoms with Crippen molar-refractivity contribution in [3.05, 3.63) is 69.7 Å². The molecule has 0 radical (unpaired) electrons. The van der Waals surface area contributed by atoms with Crippen LogP contribution in [0, 0.1) is 0 Å². The fraction of sp³-hybridized carbons (Fsp3) is 0.294. The lowest BCUT2D eigenvalue weighted by atomic mass is 9.88. The molecule has 0 bridgehead atoms. The van der Waals surface area contributed by atoms with Crippen LogP contribution in [0.1, 0.15) is 34.3 Å². The number of fused-ring (bicyclic) bond motifs is 1. The number of halogens is 1.